The zero-order valence-corrected chi connectivity index (χ0v) is 18.7. The van der Waals surface area contributed by atoms with E-state index in [1.165, 1.54) is 0 Å². The van der Waals surface area contributed by atoms with E-state index in [0.717, 1.165) is 25.9 Å². The third-order valence-corrected chi connectivity index (χ3v) is 8.21. The molecule has 0 aliphatic carbocycles. The van der Waals surface area contributed by atoms with Crippen LogP contribution in [-0.4, -0.2) is 80.4 Å². The molecule has 170 valence electrons. The molecule has 0 bridgehead atoms. The Morgan fingerprint density at radius 1 is 0.774 bits per heavy atom. The maximum atomic E-state index is 13.0. The Balaban J connectivity index is 1.23. The van der Waals surface area contributed by atoms with E-state index in [0.29, 0.717) is 51.9 Å². The summed E-state index contributed by atoms with van der Waals surface area (Å²) in [4.78, 5) is 31.5. The second-order valence-electron chi connectivity index (χ2n) is 8.77. The van der Waals surface area contributed by atoms with Gasteiger partial charge in [0.15, 0.2) is 0 Å². The summed E-state index contributed by atoms with van der Waals surface area (Å²) < 4.78 is 27.8. The van der Waals surface area contributed by atoms with Crippen LogP contribution >= 0.6 is 0 Å². The third kappa shape index (κ3) is 5.20. The van der Waals surface area contributed by atoms with E-state index < -0.39 is 10.0 Å². The van der Waals surface area contributed by atoms with Gasteiger partial charge in [-0.15, -0.1) is 0 Å². The molecule has 3 aliphatic rings. The molecule has 8 nitrogen and oxygen atoms in total. The van der Waals surface area contributed by atoms with Crippen LogP contribution in [0.2, 0.25) is 0 Å². The number of urea groups is 1. The number of carbonyl (C=O) groups is 2. The van der Waals surface area contributed by atoms with Gasteiger partial charge in [0.1, 0.15) is 0 Å². The van der Waals surface area contributed by atoms with E-state index in [1.807, 2.05) is 14.7 Å². The Labute approximate surface area is 184 Å². The van der Waals surface area contributed by atoms with E-state index in [9.17, 15) is 18.0 Å². The Morgan fingerprint density at radius 3 is 1.94 bits per heavy atom. The third-order valence-electron chi connectivity index (χ3n) is 6.67. The predicted molar refractivity (Wildman–Crippen MR) is 117 cm³/mol. The molecule has 1 N–H and O–H groups in total. The molecule has 0 spiro atoms. The Kier molecular flexibility index (Phi) is 6.81. The first-order valence-corrected chi connectivity index (χ1v) is 12.8. The van der Waals surface area contributed by atoms with Gasteiger partial charge < -0.3 is 14.7 Å². The number of sulfonamides is 1. The summed E-state index contributed by atoms with van der Waals surface area (Å²) in [6, 6.07) is 8.34. The van der Waals surface area contributed by atoms with Crippen molar-refractivity contribution in [2.24, 2.45) is 5.92 Å². The van der Waals surface area contributed by atoms with Crippen LogP contribution in [0.25, 0.3) is 0 Å². The van der Waals surface area contributed by atoms with E-state index >= 15 is 0 Å². The van der Waals surface area contributed by atoms with Crippen LogP contribution in [0.3, 0.4) is 0 Å². The Bertz CT molecular complexity index is 870. The van der Waals surface area contributed by atoms with Gasteiger partial charge in [0.25, 0.3) is 0 Å². The Morgan fingerprint density at radius 2 is 1.32 bits per heavy atom. The van der Waals surface area contributed by atoms with Gasteiger partial charge in [-0.3, -0.25) is 4.79 Å². The number of hydrogen-bond donors (Lipinski definition) is 1. The zero-order valence-electron chi connectivity index (χ0n) is 17.9. The summed E-state index contributed by atoms with van der Waals surface area (Å²) in [5, 5.41) is 0. The quantitative estimate of drug-likeness (QED) is 0.762. The molecular weight excluding hydrogens is 416 g/mol. The largest absolute Gasteiger partial charge is 0.342 e. The number of benzene rings is 1. The molecule has 0 radical (unpaired) electrons. The minimum Gasteiger partial charge on any atom is -0.342 e. The summed E-state index contributed by atoms with van der Waals surface area (Å²) in [7, 11) is -3.53. The monoisotopic (exact) mass is 448 g/mol. The predicted octanol–water partition coefficient (Wildman–Crippen LogP) is 1.88. The average molecular weight is 449 g/mol. The Hall–Kier alpha value is -2.13. The fraction of sp³-hybridized carbons (Fsp3) is 0.636. The molecule has 9 heteroatoms. The minimum atomic E-state index is -3.53. The molecule has 3 heterocycles. The van der Waals surface area contributed by atoms with Gasteiger partial charge >= 0.3 is 6.03 Å². The molecule has 1 aromatic carbocycles. The molecule has 3 fully saturated rings. The lowest BCUT2D eigenvalue weighted by Gasteiger charge is -2.38. The van der Waals surface area contributed by atoms with Crippen molar-refractivity contribution in [2.75, 3.05) is 39.3 Å². The zero-order chi connectivity index (χ0) is 21.8. The number of rotatable bonds is 4. The van der Waals surface area contributed by atoms with E-state index in [4.69, 9.17) is 0 Å². The normalized spacial score (nSPS) is 21.5. The highest BCUT2D eigenvalue weighted by atomic mass is 32.2. The number of piperidine rings is 2. The molecule has 0 unspecified atom stereocenters. The van der Waals surface area contributed by atoms with Gasteiger partial charge in [0.05, 0.1) is 4.90 Å². The van der Waals surface area contributed by atoms with Gasteiger partial charge in [-0.05, 0) is 50.7 Å². The van der Waals surface area contributed by atoms with Gasteiger partial charge in [0.2, 0.25) is 15.9 Å². The summed E-state index contributed by atoms with van der Waals surface area (Å²) in [6.45, 7) is 4.10. The molecule has 3 aliphatic heterocycles. The van der Waals surface area contributed by atoms with Gasteiger partial charge in [-0.1, -0.05) is 18.2 Å². The van der Waals surface area contributed by atoms with E-state index in [1.54, 1.807) is 30.3 Å². The number of likely N-dealkylation sites (tertiary alicyclic amines) is 3. The molecule has 31 heavy (non-hydrogen) atoms. The lowest BCUT2D eigenvalue weighted by molar-refractivity contribution is -0.138. The second kappa shape index (κ2) is 9.56. The summed E-state index contributed by atoms with van der Waals surface area (Å²) in [5.41, 5.74) is 0. The topological polar surface area (TPSA) is 90.0 Å². The highest BCUT2D eigenvalue weighted by Crippen LogP contribution is 2.24. The maximum absolute atomic E-state index is 13.0. The maximum Gasteiger partial charge on any atom is 0.319 e. The van der Waals surface area contributed by atoms with Crippen molar-refractivity contribution in [1.29, 1.82) is 0 Å². The van der Waals surface area contributed by atoms with Crippen LogP contribution in [0.15, 0.2) is 35.2 Å². The molecule has 0 atom stereocenters. The van der Waals surface area contributed by atoms with Crippen molar-refractivity contribution in [3.8, 4) is 0 Å². The smallest absolute Gasteiger partial charge is 0.319 e. The highest BCUT2D eigenvalue weighted by Gasteiger charge is 2.34. The van der Waals surface area contributed by atoms with Crippen LogP contribution in [0, 0.1) is 5.92 Å². The highest BCUT2D eigenvalue weighted by molar-refractivity contribution is 7.89. The molecule has 3 amide bonds. The van der Waals surface area contributed by atoms with Crippen molar-refractivity contribution in [3.05, 3.63) is 30.3 Å². The van der Waals surface area contributed by atoms with Crippen molar-refractivity contribution in [1.82, 2.24) is 19.4 Å². The van der Waals surface area contributed by atoms with Gasteiger partial charge in [-0.25, -0.2) is 17.9 Å². The number of amides is 3. The molecule has 1 aromatic rings. The standard InChI is InChI=1S/C22H32N4O4S/c27-21(18-8-14-26(15-9-18)22(28)25-12-4-5-13-25)24-16-10-19(11-17-24)23-31(29,30)20-6-2-1-3-7-20/h1-3,6-7,18-19,23H,4-5,8-17H2. The average Bonchev–Trinajstić information content (AvgIpc) is 3.34. The number of nitrogens with one attached hydrogen (secondary N) is 1. The summed E-state index contributed by atoms with van der Waals surface area (Å²) in [5.74, 6) is 0.109. The van der Waals surface area contributed by atoms with E-state index in [2.05, 4.69) is 4.72 Å². The first-order chi connectivity index (χ1) is 14.9. The molecular formula is C22H32N4O4S. The second-order valence-corrected chi connectivity index (χ2v) is 10.5. The minimum absolute atomic E-state index is 0.0415. The molecule has 0 aromatic heterocycles. The summed E-state index contributed by atoms with van der Waals surface area (Å²) >= 11 is 0. The lowest BCUT2D eigenvalue weighted by Crippen LogP contribution is -2.51. The van der Waals surface area contributed by atoms with Crippen LogP contribution in [0.1, 0.15) is 38.5 Å². The van der Waals surface area contributed by atoms with Crippen molar-refractivity contribution in [2.45, 2.75) is 49.5 Å². The van der Waals surface area contributed by atoms with Gasteiger partial charge in [-0.2, -0.15) is 0 Å². The number of nitrogens with zero attached hydrogens (tertiary/aromatic N) is 3. The number of carbonyl (C=O) groups excluding carboxylic acids is 2. The van der Waals surface area contributed by atoms with Crippen LogP contribution < -0.4 is 4.72 Å². The first kappa shape index (κ1) is 22.1. The molecule has 3 saturated heterocycles. The van der Waals surface area contributed by atoms with Crippen LogP contribution in [-0.2, 0) is 14.8 Å². The summed E-state index contributed by atoms with van der Waals surface area (Å²) in [6.07, 6.45) is 4.81. The van der Waals surface area contributed by atoms with Crippen LogP contribution in [0.5, 0.6) is 0 Å². The fourth-order valence-electron chi connectivity index (χ4n) is 4.79. The van der Waals surface area contributed by atoms with Crippen molar-refractivity contribution in [3.63, 3.8) is 0 Å². The van der Waals surface area contributed by atoms with Crippen LogP contribution in [0.4, 0.5) is 4.79 Å². The molecule has 0 saturated carbocycles. The van der Waals surface area contributed by atoms with Gasteiger partial charge in [0, 0.05) is 51.2 Å². The first-order valence-electron chi connectivity index (χ1n) is 11.3. The lowest BCUT2D eigenvalue weighted by atomic mass is 9.94. The SMILES string of the molecule is O=C(C1CCN(C(=O)N2CCCC2)CC1)N1CCC(NS(=O)(=O)c2ccccc2)CC1. The number of hydrogen-bond acceptors (Lipinski definition) is 4. The molecule has 4 rings (SSSR count). The van der Waals surface area contributed by atoms with Crippen molar-refractivity contribution >= 4 is 22.0 Å². The van der Waals surface area contributed by atoms with E-state index in [-0.39, 0.29) is 28.8 Å². The van der Waals surface area contributed by atoms with Crippen molar-refractivity contribution < 1.29 is 18.0 Å². The fourth-order valence-corrected chi connectivity index (χ4v) is 6.12.